The quantitative estimate of drug-likeness (QED) is 0.861. The third-order valence-corrected chi connectivity index (χ3v) is 8.29. The van der Waals surface area contributed by atoms with E-state index in [1.165, 1.54) is 17.9 Å². The third kappa shape index (κ3) is 1.91. The summed E-state index contributed by atoms with van der Waals surface area (Å²) in [5, 5.41) is 10.3. The zero-order valence-electron chi connectivity index (χ0n) is 11.2. The Balaban J connectivity index is 1.60. The molecule has 5 nitrogen and oxygen atoms in total. The molecule has 2 heterocycles. The fourth-order valence-electron chi connectivity index (χ4n) is 4.00. The number of aromatic carboxylic acids is 1. The minimum Gasteiger partial charge on any atom is -0.478 e. The number of thiophene rings is 1. The van der Waals surface area contributed by atoms with E-state index in [1.54, 1.807) is 4.31 Å². The van der Waals surface area contributed by atoms with Gasteiger partial charge in [0.2, 0.25) is 0 Å². The molecule has 0 radical (unpaired) electrons. The van der Waals surface area contributed by atoms with Crippen molar-refractivity contribution in [2.45, 2.75) is 10.6 Å². The van der Waals surface area contributed by atoms with Gasteiger partial charge in [-0.15, -0.1) is 11.3 Å². The highest BCUT2D eigenvalue weighted by atomic mass is 32.2. The predicted octanol–water partition coefficient (Wildman–Crippen LogP) is 1.89. The molecule has 1 aromatic heterocycles. The maximum Gasteiger partial charge on any atom is 0.336 e. The Bertz CT molecular complexity index is 716. The van der Waals surface area contributed by atoms with E-state index in [-0.39, 0.29) is 9.77 Å². The molecule has 1 aromatic rings. The molecule has 4 rings (SSSR count). The number of rotatable bonds is 3. The van der Waals surface area contributed by atoms with Crippen LogP contribution in [0.1, 0.15) is 16.8 Å². The average Bonchev–Trinajstić information content (AvgIpc) is 3.19. The van der Waals surface area contributed by atoms with Crippen molar-refractivity contribution < 1.29 is 18.3 Å². The van der Waals surface area contributed by atoms with Gasteiger partial charge in [-0.3, -0.25) is 0 Å². The fourth-order valence-corrected chi connectivity index (χ4v) is 6.82. The van der Waals surface area contributed by atoms with Crippen LogP contribution in [0, 0.1) is 23.7 Å². The highest BCUT2D eigenvalue weighted by Gasteiger charge is 2.51. The van der Waals surface area contributed by atoms with Gasteiger partial charge in [0.05, 0.1) is 5.56 Å². The van der Waals surface area contributed by atoms with Crippen molar-refractivity contribution in [3.63, 3.8) is 0 Å². The van der Waals surface area contributed by atoms with Crippen molar-refractivity contribution in [2.75, 3.05) is 13.1 Å². The van der Waals surface area contributed by atoms with Gasteiger partial charge in [-0.1, -0.05) is 12.2 Å². The molecule has 1 aliphatic heterocycles. The van der Waals surface area contributed by atoms with Gasteiger partial charge in [-0.2, -0.15) is 4.31 Å². The number of carbonyl (C=O) groups is 1. The third-order valence-electron chi connectivity index (χ3n) is 5.05. The summed E-state index contributed by atoms with van der Waals surface area (Å²) in [6.45, 7) is 1.14. The molecule has 1 saturated heterocycles. The van der Waals surface area contributed by atoms with Gasteiger partial charge in [0, 0.05) is 18.5 Å². The number of nitrogens with zero attached hydrogens (tertiary/aromatic N) is 1. The highest BCUT2D eigenvalue weighted by Crippen LogP contribution is 2.52. The van der Waals surface area contributed by atoms with Gasteiger partial charge >= 0.3 is 5.97 Å². The van der Waals surface area contributed by atoms with Crippen molar-refractivity contribution in [3.8, 4) is 0 Å². The summed E-state index contributed by atoms with van der Waals surface area (Å²) in [6.07, 6.45) is 5.64. The molecule has 2 fully saturated rings. The standard InChI is InChI=1S/C14H15NO4S2/c16-14(17)10-4-13(20-7-10)21(18,19)15-5-11-8-1-2-9(3-8)12(11)6-15/h1-2,4,7-9,11-12H,3,5-6H2,(H,16,17)/t8?,9?,11-,12+. The summed E-state index contributed by atoms with van der Waals surface area (Å²) in [4.78, 5) is 10.9. The summed E-state index contributed by atoms with van der Waals surface area (Å²) in [7, 11) is -3.55. The summed E-state index contributed by atoms with van der Waals surface area (Å²) >= 11 is 0.991. The molecule has 0 spiro atoms. The van der Waals surface area contributed by atoms with Crippen LogP contribution in [0.5, 0.6) is 0 Å². The Kier molecular flexibility index (Phi) is 2.83. The second-order valence-corrected chi connectivity index (χ2v) is 9.13. The molecule has 21 heavy (non-hydrogen) atoms. The van der Waals surface area contributed by atoms with E-state index in [1.807, 2.05) is 0 Å². The number of allylic oxidation sites excluding steroid dienone is 2. The summed E-state index contributed by atoms with van der Waals surface area (Å²) in [5.41, 5.74) is 0.0414. The lowest BCUT2D eigenvalue weighted by molar-refractivity contribution is 0.0697. The van der Waals surface area contributed by atoms with Crippen molar-refractivity contribution in [1.29, 1.82) is 0 Å². The van der Waals surface area contributed by atoms with Crippen LogP contribution in [0.4, 0.5) is 0 Å². The van der Waals surface area contributed by atoms with Gasteiger partial charge in [0.1, 0.15) is 4.21 Å². The number of carboxylic acids is 1. The smallest absolute Gasteiger partial charge is 0.336 e. The molecule has 7 heteroatoms. The van der Waals surface area contributed by atoms with E-state index in [4.69, 9.17) is 5.11 Å². The van der Waals surface area contributed by atoms with Gasteiger partial charge < -0.3 is 5.11 Å². The molecule has 1 N–H and O–H groups in total. The number of hydrogen-bond acceptors (Lipinski definition) is 4. The van der Waals surface area contributed by atoms with E-state index < -0.39 is 16.0 Å². The molecule has 1 saturated carbocycles. The van der Waals surface area contributed by atoms with Crippen LogP contribution in [-0.4, -0.2) is 36.9 Å². The van der Waals surface area contributed by atoms with Crippen LogP contribution in [0.15, 0.2) is 27.8 Å². The van der Waals surface area contributed by atoms with E-state index >= 15 is 0 Å². The van der Waals surface area contributed by atoms with Crippen LogP contribution in [0.2, 0.25) is 0 Å². The Morgan fingerprint density at radius 1 is 1.24 bits per heavy atom. The monoisotopic (exact) mass is 325 g/mol. The highest BCUT2D eigenvalue weighted by molar-refractivity contribution is 7.91. The molecular weight excluding hydrogens is 310 g/mol. The van der Waals surface area contributed by atoms with Crippen LogP contribution >= 0.6 is 11.3 Å². The minimum atomic E-state index is -3.55. The van der Waals surface area contributed by atoms with E-state index in [9.17, 15) is 13.2 Å². The first kappa shape index (κ1) is 13.5. The number of sulfonamides is 1. The second kappa shape index (κ2) is 4.41. The maximum absolute atomic E-state index is 12.7. The Hall–Kier alpha value is -1.18. The molecule has 0 aromatic carbocycles. The summed E-state index contributed by atoms with van der Waals surface area (Å²) in [5.74, 6) is 0.840. The zero-order valence-corrected chi connectivity index (χ0v) is 12.8. The summed E-state index contributed by atoms with van der Waals surface area (Å²) < 4.78 is 27.0. The first-order valence-corrected chi connectivity index (χ1v) is 9.29. The number of fused-ring (bicyclic) bond motifs is 5. The minimum absolute atomic E-state index is 0.0414. The lowest BCUT2D eigenvalue weighted by atomic mass is 9.86. The molecular formula is C14H15NO4S2. The van der Waals surface area contributed by atoms with Gasteiger partial charge in [-0.25, -0.2) is 13.2 Å². The maximum atomic E-state index is 12.7. The van der Waals surface area contributed by atoms with E-state index in [0.29, 0.717) is 36.8 Å². The van der Waals surface area contributed by atoms with Crippen molar-refractivity contribution in [3.05, 3.63) is 29.2 Å². The molecule has 4 atom stereocenters. The fraction of sp³-hybridized carbons (Fsp3) is 0.500. The lowest BCUT2D eigenvalue weighted by Crippen LogP contribution is -2.30. The first-order valence-electron chi connectivity index (χ1n) is 6.97. The van der Waals surface area contributed by atoms with Crippen molar-refractivity contribution in [2.24, 2.45) is 23.7 Å². The van der Waals surface area contributed by atoms with E-state index in [2.05, 4.69) is 12.2 Å². The van der Waals surface area contributed by atoms with Gasteiger partial charge in [-0.05, 0) is 36.2 Å². The molecule has 0 amide bonds. The molecule has 2 bridgehead atoms. The molecule has 2 unspecified atom stereocenters. The average molecular weight is 325 g/mol. The SMILES string of the molecule is O=C(O)c1csc(S(=O)(=O)N2C[C@@H]3C4C=CC(C4)[C@@H]3C2)c1. The molecule has 112 valence electrons. The van der Waals surface area contributed by atoms with Crippen LogP contribution in [-0.2, 0) is 10.0 Å². The Morgan fingerprint density at radius 2 is 1.86 bits per heavy atom. The summed E-state index contributed by atoms with van der Waals surface area (Å²) in [6, 6.07) is 1.27. The van der Waals surface area contributed by atoms with Crippen LogP contribution in [0.25, 0.3) is 0 Å². The first-order chi connectivity index (χ1) is 9.96. The zero-order chi connectivity index (χ0) is 14.8. The largest absolute Gasteiger partial charge is 0.478 e. The molecule has 2 aliphatic carbocycles. The Labute approximate surface area is 126 Å². The van der Waals surface area contributed by atoms with Gasteiger partial charge in [0.25, 0.3) is 10.0 Å². The predicted molar refractivity (Wildman–Crippen MR) is 77.8 cm³/mol. The van der Waals surface area contributed by atoms with E-state index in [0.717, 1.165) is 11.3 Å². The van der Waals surface area contributed by atoms with Crippen molar-refractivity contribution >= 4 is 27.3 Å². The van der Waals surface area contributed by atoms with Crippen molar-refractivity contribution in [1.82, 2.24) is 4.31 Å². The topological polar surface area (TPSA) is 74.7 Å². The normalized spacial score (nSPS) is 34.5. The van der Waals surface area contributed by atoms with Crippen LogP contribution < -0.4 is 0 Å². The van der Waals surface area contributed by atoms with Crippen LogP contribution in [0.3, 0.4) is 0 Å². The number of carboxylic acid groups (broad SMARTS) is 1. The second-order valence-electron chi connectivity index (χ2n) is 6.06. The van der Waals surface area contributed by atoms with Gasteiger partial charge in [0.15, 0.2) is 0 Å². The molecule has 3 aliphatic rings. The lowest BCUT2D eigenvalue weighted by Gasteiger charge is -2.17. The Morgan fingerprint density at radius 3 is 2.38 bits per heavy atom. The number of hydrogen-bond donors (Lipinski definition) is 1.